The zero-order chi connectivity index (χ0) is 7.28. The SMILES string of the molecule is O=C(OCCO)N(S)S. The summed E-state index contributed by atoms with van der Waals surface area (Å²) in [6, 6.07) is 0. The summed E-state index contributed by atoms with van der Waals surface area (Å²) < 4.78 is 5.03. The highest BCUT2D eigenvalue weighted by Crippen LogP contribution is 1.99. The van der Waals surface area contributed by atoms with Gasteiger partial charge in [0.2, 0.25) is 0 Å². The van der Waals surface area contributed by atoms with Gasteiger partial charge in [-0.25, -0.2) is 4.79 Å². The second-order valence-corrected chi connectivity index (χ2v) is 2.24. The van der Waals surface area contributed by atoms with Crippen molar-refractivity contribution in [3.8, 4) is 0 Å². The van der Waals surface area contributed by atoms with Crippen LogP contribution in [-0.2, 0) is 4.74 Å². The van der Waals surface area contributed by atoms with Crippen LogP contribution in [0, 0.1) is 0 Å². The van der Waals surface area contributed by atoms with Gasteiger partial charge in [0.25, 0.3) is 0 Å². The molecule has 0 spiro atoms. The largest absolute Gasteiger partial charge is 0.446 e. The van der Waals surface area contributed by atoms with Gasteiger partial charge < -0.3 is 9.84 Å². The molecule has 0 heterocycles. The highest BCUT2D eigenvalue weighted by molar-refractivity contribution is 7.94. The summed E-state index contributed by atoms with van der Waals surface area (Å²) in [6.45, 7) is -0.225. The lowest BCUT2D eigenvalue weighted by Crippen LogP contribution is -2.15. The first-order valence-electron chi connectivity index (χ1n) is 2.14. The molecule has 0 bridgehead atoms. The van der Waals surface area contributed by atoms with Gasteiger partial charge in [0.15, 0.2) is 0 Å². The molecule has 6 heteroatoms. The summed E-state index contributed by atoms with van der Waals surface area (Å²) in [4.78, 5) is 10.3. The first-order valence-corrected chi connectivity index (χ1v) is 2.94. The second-order valence-electron chi connectivity index (χ2n) is 1.13. The van der Waals surface area contributed by atoms with E-state index in [2.05, 4.69) is 30.4 Å². The van der Waals surface area contributed by atoms with Crippen LogP contribution in [-0.4, -0.2) is 28.1 Å². The molecule has 1 amide bonds. The smallest absolute Gasteiger partial charge is 0.430 e. The molecule has 4 nitrogen and oxygen atoms in total. The van der Waals surface area contributed by atoms with E-state index in [9.17, 15) is 4.79 Å². The van der Waals surface area contributed by atoms with Gasteiger partial charge in [0.1, 0.15) is 6.61 Å². The molecule has 1 N–H and O–H groups in total. The molecular weight excluding hydrogens is 162 g/mol. The number of hydrogen-bond donors (Lipinski definition) is 3. The van der Waals surface area contributed by atoms with Crippen molar-refractivity contribution in [2.45, 2.75) is 0 Å². The van der Waals surface area contributed by atoms with E-state index in [1.54, 1.807) is 0 Å². The molecule has 0 radical (unpaired) electrons. The zero-order valence-corrected chi connectivity index (χ0v) is 6.31. The Balaban J connectivity index is 3.28. The van der Waals surface area contributed by atoms with E-state index in [0.29, 0.717) is 3.71 Å². The van der Waals surface area contributed by atoms with Gasteiger partial charge >= 0.3 is 6.09 Å². The molecule has 0 aliphatic carbocycles. The van der Waals surface area contributed by atoms with Crippen LogP contribution >= 0.6 is 25.6 Å². The van der Waals surface area contributed by atoms with Gasteiger partial charge in [-0.1, -0.05) is 0 Å². The third-order valence-electron chi connectivity index (χ3n) is 0.480. The first kappa shape index (κ1) is 8.93. The number of amides is 1. The van der Waals surface area contributed by atoms with Crippen molar-refractivity contribution in [2.24, 2.45) is 0 Å². The van der Waals surface area contributed by atoms with Crippen molar-refractivity contribution in [1.82, 2.24) is 3.71 Å². The minimum atomic E-state index is -0.698. The molecule has 0 saturated heterocycles. The molecule has 0 aliphatic heterocycles. The molecule has 0 fully saturated rings. The normalized spacial score (nSPS) is 8.78. The van der Waals surface area contributed by atoms with Crippen LogP contribution in [0.15, 0.2) is 0 Å². The lowest BCUT2D eigenvalue weighted by atomic mass is 10.8. The van der Waals surface area contributed by atoms with E-state index in [0.717, 1.165) is 0 Å². The Labute approximate surface area is 63.9 Å². The Hall–Kier alpha value is -0.0700. The van der Waals surface area contributed by atoms with Crippen molar-refractivity contribution in [2.75, 3.05) is 13.2 Å². The maximum Gasteiger partial charge on any atom is 0.430 e. The highest BCUT2D eigenvalue weighted by atomic mass is 32.2. The van der Waals surface area contributed by atoms with Crippen LogP contribution in [0.1, 0.15) is 0 Å². The maximum atomic E-state index is 10.3. The highest BCUT2D eigenvalue weighted by Gasteiger charge is 2.04. The van der Waals surface area contributed by atoms with Gasteiger partial charge in [-0.2, -0.15) is 3.71 Å². The topological polar surface area (TPSA) is 49.8 Å². The van der Waals surface area contributed by atoms with Crippen LogP contribution in [0.5, 0.6) is 0 Å². The van der Waals surface area contributed by atoms with Gasteiger partial charge in [-0.3, -0.25) is 0 Å². The molecule has 0 aromatic carbocycles. The van der Waals surface area contributed by atoms with Gasteiger partial charge in [0, 0.05) is 0 Å². The Morgan fingerprint density at radius 3 is 2.56 bits per heavy atom. The second kappa shape index (κ2) is 4.78. The fourth-order valence-corrected chi connectivity index (χ4v) is 0.306. The molecule has 0 aromatic heterocycles. The van der Waals surface area contributed by atoms with E-state index in [1.165, 1.54) is 0 Å². The average Bonchev–Trinajstić information content (AvgIpc) is 1.82. The molecular formula is C3H7NO3S2. The van der Waals surface area contributed by atoms with E-state index in [1.807, 2.05) is 0 Å². The predicted molar refractivity (Wildman–Crippen MR) is 38.2 cm³/mol. The van der Waals surface area contributed by atoms with E-state index < -0.39 is 6.09 Å². The average molecular weight is 169 g/mol. The van der Waals surface area contributed by atoms with Crippen LogP contribution in [0.2, 0.25) is 0 Å². The van der Waals surface area contributed by atoms with Crippen LogP contribution in [0.3, 0.4) is 0 Å². The molecule has 0 atom stereocenters. The summed E-state index contributed by atoms with van der Waals surface area (Å²) in [5.74, 6) is 0. The Bertz CT molecular complexity index is 97.1. The minimum Gasteiger partial charge on any atom is -0.446 e. The molecule has 54 valence electrons. The first-order chi connectivity index (χ1) is 4.18. The van der Waals surface area contributed by atoms with Crippen molar-refractivity contribution in [3.05, 3.63) is 0 Å². The summed E-state index contributed by atoms with van der Waals surface area (Å²) in [7, 11) is 0. The zero-order valence-electron chi connectivity index (χ0n) is 4.52. The number of ether oxygens (including phenoxy) is 1. The Morgan fingerprint density at radius 2 is 2.22 bits per heavy atom. The van der Waals surface area contributed by atoms with Crippen molar-refractivity contribution in [3.63, 3.8) is 0 Å². The Morgan fingerprint density at radius 1 is 1.67 bits per heavy atom. The molecule has 0 saturated carbocycles. The number of rotatable bonds is 2. The Kier molecular flexibility index (Phi) is 4.74. The number of thiol groups is 2. The van der Waals surface area contributed by atoms with E-state index in [-0.39, 0.29) is 13.2 Å². The van der Waals surface area contributed by atoms with E-state index >= 15 is 0 Å². The fourth-order valence-electron chi connectivity index (χ4n) is 0.191. The van der Waals surface area contributed by atoms with Gasteiger partial charge in [-0.05, 0) is 25.6 Å². The van der Waals surface area contributed by atoms with Crippen LogP contribution in [0.25, 0.3) is 0 Å². The lowest BCUT2D eigenvalue weighted by Gasteiger charge is -2.05. The van der Waals surface area contributed by atoms with Crippen LogP contribution < -0.4 is 0 Å². The molecule has 0 rings (SSSR count). The minimum absolute atomic E-state index is 0.0313. The maximum absolute atomic E-state index is 10.3. The summed E-state index contributed by atoms with van der Waals surface area (Å²) in [6.07, 6.45) is -0.698. The number of aliphatic hydroxyl groups is 1. The summed E-state index contributed by atoms with van der Waals surface area (Å²) >= 11 is 7.01. The quantitative estimate of drug-likeness (QED) is 0.514. The summed E-state index contributed by atoms with van der Waals surface area (Å²) in [5.41, 5.74) is 0. The number of carbonyl (C=O) groups is 1. The molecule has 0 aliphatic rings. The number of hydrogen-bond acceptors (Lipinski definition) is 5. The van der Waals surface area contributed by atoms with Gasteiger partial charge in [-0.15, -0.1) is 0 Å². The van der Waals surface area contributed by atoms with Gasteiger partial charge in [0.05, 0.1) is 6.61 Å². The van der Waals surface area contributed by atoms with E-state index in [4.69, 9.17) is 5.11 Å². The predicted octanol–water partition coefficient (Wildman–Crippen LogP) is 0.107. The lowest BCUT2D eigenvalue weighted by molar-refractivity contribution is 0.116. The monoisotopic (exact) mass is 169 g/mol. The third kappa shape index (κ3) is 4.43. The van der Waals surface area contributed by atoms with Crippen molar-refractivity contribution < 1.29 is 14.6 Å². The van der Waals surface area contributed by atoms with Crippen molar-refractivity contribution >= 4 is 31.7 Å². The number of nitrogens with zero attached hydrogens (tertiary/aromatic N) is 1. The molecule has 0 unspecified atom stereocenters. The fraction of sp³-hybridized carbons (Fsp3) is 0.667. The number of aliphatic hydroxyl groups excluding tert-OH is 1. The standard InChI is InChI=1S/C3H7NO3S2/c5-1-2-7-3(6)4(8)9/h5,8-9H,1-2H2. The van der Waals surface area contributed by atoms with Crippen molar-refractivity contribution in [1.29, 1.82) is 0 Å². The van der Waals surface area contributed by atoms with Crippen LogP contribution in [0.4, 0.5) is 4.79 Å². The summed E-state index contributed by atoms with van der Waals surface area (Å²) in [5, 5.41) is 8.15. The molecule has 0 aromatic rings. The molecule has 9 heavy (non-hydrogen) atoms. The number of carbonyl (C=O) groups excluding carboxylic acids is 1. The third-order valence-corrected chi connectivity index (χ3v) is 0.807.